The van der Waals surface area contributed by atoms with Crippen LogP contribution in [0.5, 0.6) is 5.75 Å². The second-order valence-electron chi connectivity index (χ2n) is 4.79. The summed E-state index contributed by atoms with van der Waals surface area (Å²) in [6.45, 7) is 2.44. The number of aromatic nitrogens is 1. The molecular weight excluding hydrogens is 252 g/mol. The highest BCUT2D eigenvalue weighted by atomic mass is 16.5. The molecule has 1 aromatic carbocycles. The van der Waals surface area contributed by atoms with Crippen LogP contribution in [0.1, 0.15) is 24.2 Å². The van der Waals surface area contributed by atoms with Crippen LogP contribution in [0.25, 0.3) is 0 Å². The standard InChI is InChI=1S/C16H20N2O2/c1-12(19)13-8-9-16(17-10-13)18(2)11-14-6-4-5-7-15(14)20-3/h4-10,12,19H,11H2,1-3H3/t12-/m1/s1. The lowest BCUT2D eigenvalue weighted by Crippen LogP contribution is -2.18. The number of para-hydroxylation sites is 1. The molecule has 0 radical (unpaired) electrons. The number of nitrogens with zero attached hydrogens (tertiary/aromatic N) is 2. The van der Waals surface area contributed by atoms with Crippen molar-refractivity contribution in [2.24, 2.45) is 0 Å². The Balaban J connectivity index is 2.13. The first-order chi connectivity index (χ1) is 9.61. The minimum atomic E-state index is -0.490. The summed E-state index contributed by atoms with van der Waals surface area (Å²) in [5, 5.41) is 9.49. The molecule has 0 bridgehead atoms. The number of methoxy groups -OCH3 is 1. The van der Waals surface area contributed by atoms with Crippen LogP contribution in [0, 0.1) is 0 Å². The van der Waals surface area contributed by atoms with Gasteiger partial charge in [0.05, 0.1) is 13.2 Å². The molecule has 1 N–H and O–H groups in total. The van der Waals surface area contributed by atoms with Crippen molar-refractivity contribution in [3.63, 3.8) is 0 Å². The summed E-state index contributed by atoms with van der Waals surface area (Å²) in [4.78, 5) is 6.42. The van der Waals surface area contributed by atoms with Gasteiger partial charge in [0.25, 0.3) is 0 Å². The van der Waals surface area contributed by atoms with Crippen LogP contribution < -0.4 is 9.64 Å². The summed E-state index contributed by atoms with van der Waals surface area (Å²) in [5.41, 5.74) is 1.93. The lowest BCUT2D eigenvalue weighted by atomic mass is 10.1. The van der Waals surface area contributed by atoms with Crippen LogP contribution in [0.15, 0.2) is 42.6 Å². The second kappa shape index (κ2) is 6.39. The molecule has 0 aliphatic heterocycles. The molecule has 106 valence electrons. The van der Waals surface area contributed by atoms with Gasteiger partial charge >= 0.3 is 0 Å². The molecule has 0 spiro atoms. The van der Waals surface area contributed by atoms with Crippen molar-refractivity contribution >= 4 is 5.82 Å². The van der Waals surface area contributed by atoms with E-state index in [2.05, 4.69) is 4.98 Å². The van der Waals surface area contributed by atoms with Crippen LogP contribution in [0.3, 0.4) is 0 Å². The summed E-state index contributed by atoms with van der Waals surface area (Å²) in [7, 11) is 3.66. The van der Waals surface area contributed by atoms with Gasteiger partial charge in [-0.05, 0) is 24.6 Å². The number of benzene rings is 1. The summed E-state index contributed by atoms with van der Waals surface area (Å²) in [6.07, 6.45) is 1.22. The molecule has 20 heavy (non-hydrogen) atoms. The molecule has 0 aliphatic rings. The van der Waals surface area contributed by atoms with E-state index in [4.69, 9.17) is 4.74 Å². The van der Waals surface area contributed by atoms with Gasteiger partial charge in [-0.15, -0.1) is 0 Å². The maximum atomic E-state index is 9.49. The van der Waals surface area contributed by atoms with Crippen molar-refractivity contribution in [1.82, 2.24) is 4.98 Å². The first-order valence-corrected chi connectivity index (χ1v) is 6.59. The summed E-state index contributed by atoms with van der Waals surface area (Å²) in [6, 6.07) is 11.8. The molecule has 4 nitrogen and oxygen atoms in total. The monoisotopic (exact) mass is 272 g/mol. The zero-order chi connectivity index (χ0) is 14.5. The SMILES string of the molecule is COc1ccccc1CN(C)c1ccc([C@@H](C)O)cn1. The number of pyridine rings is 1. The fourth-order valence-corrected chi connectivity index (χ4v) is 2.04. The van der Waals surface area contributed by atoms with E-state index in [9.17, 15) is 5.11 Å². The molecular formula is C16H20N2O2. The van der Waals surface area contributed by atoms with Crippen molar-refractivity contribution in [3.8, 4) is 5.75 Å². The van der Waals surface area contributed by atoms with Crippen LogP contribution in [0.4, 0.5) is 5.82 Å². The maximum Gasteiger partial charge on any atom is 0.128 e. The smallest absolute Gasteiger partial charge is 0.128 e. The molecule has 0 saturated heterocycles. The Kier molecular flexibility index (Phi) is 4.58. The van der Waals surface area contributed by atoms with Crippen LogP contribution in [-0.2, 0) is 6.54 Å². The molecule has 2 aromatic rings. The number of aliphatic hydroxyl groups excluding tert-OH is 1. The number of rotatable bonds is 5. The van der Waals surface area contributed by atoms with Crippen molar-refractivity contribution in [2.45, 2.75) is 19.6 Å². The van der Waals surface area contributed by atoms with E-state index < -0.39 is 6.10 Å². The Bertz CT molecular complexity index is 553. The Hall–Kier alpha value is -2.07. The zero-order valence-corrected chi connectivity index (χ0v) is 12.1. The van der Waals surface area contributed by atoms with E-state index in [1.165, 1.54) is 0 Å². The Labute approximate surface area is 119 Å². The largest absolute Gasteiger partial charge is 0.496 e. The fraction of sp³-hybridized carbons (Fsp3) is 0.312. The van der Waals surface area contributed by atoms with Gasteiger partial charge < -0.3 is 14.7 Å². The quantitative estimate of drug-likeness (QED) is 0.909. The normalized spacial score (nSPS) is 12.0. The topological polar surface area (TPSA) is 45.6 Å². The lowest BCUT2D eigenvalue weighted by Gasteiger charge is -2.20. The average Bonchev–Trinajstić information content (AvgIpc) is 2.48. The first kappa shape index (κ1) is 14.3. The van der Waals surface area contributed by atoms with E-state index in [1.807, 2.05) is 48.3 Å². The van der Waals surface area contributed by atoms with E-state index in [1.54, 1.807) is 20.2 Å². The highest BCUT2D eigenvalue weighted by molar-refractivity contribution is 5.42. The van der Waals surface area contributed by atoms with Gasteiger partial charge in [-0.3, -0.25) is 0 Å². The molecule has 4 heteroatoms. The zero-order valence-electron chi connectivity index (χ0n) is 12.1. The Morgan fingerprint density at radius 3 is 2.60 bits per heavy atom. The molecule has 0 fully saturated rings. The van der Waals surface area contributed by atoms with Crippen molar-refractivity contribution < 1.29 is 9.84 Å². The third-order valence-electron chi connectivity index (χ3n) is 3.24. The molecule has 0 aliphatic carbocycles. The molecule has 2 rings (SSSR count). The second-order valence-corrected chi connectivity index (χ2v) is 4.79. The predicted octanol–water partition coefficient (Wildman–Crippen LogP) is 2.78. The van der Waals surface area contributed by atoms with Gasteiger partial charge in [-0.1, -0.05) is 24.3 Å². The summed E-state index contributed by atoms with van der Waals surface area (Å²) < 4.78 is 5.35. The minimum Gasteiger partial charge on any atom is -0.496 e. The van der Waals surface area contributed by atoms with E-state index in [0.29, 0.717) is 6.54 Å². The predicted molar refractivity (Wildman–Crippen MR) is 80.0 cm³/mol. The molecule has 1 heterocycles. The maximum absolute atomic E-state index is 9.49. The van der Waals surface area contributed by atoms with Crippen LogP contribution in [-0.4, -0.2) is 24.2 Å². The summed E-state index contributed by atoms with van der Waals surface area (Å²) in [5.74, 6) is 1.74. The Morgan fingerprint density at radius 2 is 2.00 bits per heavy atom. The molecule has 1 aromatic heterocycles. The van der Waals surface area contributed by atoms with E-state index in [0.717, 1.165) is 22.7 Å². The average molecular weight is 272 g/mol. The molecule has 0 saturated carbocycles. The van der Waals surface area contributed by atoms with Gasteiger partial charge in [0, 0.05) is 25.4 Å². The first-order valence-electron chi connectivity index (χ1n) is 6.59. The number of ether oxygens (including phenoxy) is 1. The minimum absolute atomic E-state index is 0.490. The third kappa shape index (κ3) is 3.27. The van der Waals surface area contributed by atoms with Gasteiger partial charge in [0.2, 0.25) is 0 Å². The van der Waals surface area contributed by atoms with Crippen molar-refractivity contribution in [2.75, 3.05) is 19.1 Å². The third-order valence-corrected chi connectivity index (χ3v) is 3.24. The van der Waals surface area contributed by atoms with Gasteiger partial charge in [-0.2, -0.15) is 0 Å². The number of aliphatic hydroxyl groups is 1. The van der Waals surface area contributed by atoms with E-state index in [-0.39, 0.29) is 0 Å². The highest BCUT2D eigenvalue weighted by Crippen LogP contribution is 2.21. The van der Waals surface area contributed by atoms with Gasteiger partial charge in [0.15, 0.2) is 0 Å². The number of anilines is 1. The van der Waals surface area contributed by atoms with Crippen LogP contribution >= 0.6 is 0 Å². The lowest BCUT2D eigenvalue weighted by molar-refractivity contribution is 0.199. The summed E-state index contributed by atoms with van der Waals surface area (Å²) >= 11 is 0. The van der Waals surface area contributed by atoms with Crippen molar-refractivity contribution in [3.05, 3.63) is 53.7 Å². The molecule has 0 amide bonds. The Morgan fingerprint density at radius 1 is 1.25 bits per heavy atom. The number of hydrogen-bond donors (Lipinski definition) is 1. The van der Waals surface area contributed by atoms with E-state index >= 15 is 0 Å². The van der Waals surface area contributed by atoms with Crippen molar-refractivity contribution in [1.29, 1.82) is 0 Å². The fourth-order valence-electron chi connectivity index (χ4n) is 2.04. The van der Waals surface area contributed by atoms with Crippen LogP contribution in [0.2, 0.25) is 0 Å². The van der Waals surface area contributed by atoms with Gasteiger partial charge in [0.1, 0.15) is 11.6 Å². The molecule has 0 unspecified atom stereocenters. The molecule has 1 atom stereocenters. The van der Waals surface area contributed by atoms with Gasteiger partial charge in [-0.25, -0.2) is 4.98 Å². The number of hydrogen-bond acceptors (Lipinski definition) is 4. The highest BCUT2D eigenvalue weighted by Gasteiger charge is 2.08.